The standard InChI is InChI=1S/C13H14FNO4S/c14-9-1-3-10(4-2-9)20-7-11(16)15-13(12(17)18)5-6-19-8-13/h1-4H,5-8H2,(H,15,16)(H,17,18). The van der Waals surface area contributed by atoms with Gasteiger partial charge >= 0.3 is 5.97 Å². The van der Waals surface area contributed by atoms with Crippen molar-refractivity contribution in [3.8, 4) is 0 Å². The van der Waals surface area contributed by atoms with Gasteiger partial charge < -0.3 is 15.2 Å². The summed E-state index contributed by atoms with van der Waals surface area (Å²) in [7, 11) is 0. The van der Waals surface area contributed by atoms with E-state index < -0.39 is 11.5 Å². The molecule has 1 unspecified atom stereocenters. The topological polar surface area (TPSA) is 75.6 Å². The van der Waals surface area contributed by atoms with Gasteiger partial charge in [-0.1, -0.05) is 0 Å². The fraction of sp³-hybridized carbons (Fsp3) is 0.385. The van der Waals surface area contributed by atoms with Gasteiger partial charge in [0.05, 0.1) is 12.4 Å². The lowest BCUT2D eigenvalue weighted by atomic mass is 9.99. The summed E-state index contributed by atoms with van der Waals surface area (Å²) in [5.41, 5.74) is -1.32. The predicted molar refractivity (Wildman–Crippen MR) is 71.1 cm³/mol. The average Bonchev–Trinajstić information content (AvgIpc) is 2.88. The van der Waals surface area contributed by atoms with Gasteiger partial charge in [-0.25, -0.2) is 9.18 Å². The number of nitrogens with one attached hydrogen (secondary N) is 1. The van der Waals surface area contributed by atoms with Crippen LogP contribution in [0.5, 0.6) is 0 Å². The Hall–Kier alpha value is -1.60. The molecule has 0 spiro atoms. The summed E-state index contributed by atoms with van der Waals surface area (Å²) in [5, 5.41) is 11.7. The highest BCUT2D eigenvalue weighted by molar-refractivity contribution is 8.00. The molecule has 0 aromatic heterocycles. The molecule has 5 nitrogen and oxygen atoms in total. The monoisotopic (exact) mass is 299 g/mol. The molecule has 1 aromatic rings. The van der Waals surface area contributed by atoms with Gasteiger partial charge in [0.25, 0.3) is 0 Å². The lowest BCUT2D eigenvalue weighted by molar-refractivity contribution is -0.147. The van der Waals surface area contributed by atoms with E-state index in [2.05, 4.69) is 5.32 Å². The first-order valence-corrected chi connectivity index (χ1v) is 7.01. The van der Waals surface area contributed by atoms with Crippen LogP contribution >= 0.6 is 11.8 Å². The van der Waals surface area contributed by atoms with Crippen LogP contribution in [-0.2, 0) is 14.3 Å². The molecule has 0 radical (unpaired) electrons. The highest BCUT2D eigenvalue weighted by Gasteiger charge is 2.43. The largest absolute Gasteiger partial charge is 0.479 e. The molecule has 1 aliphatic heterocycles. The van der Waals surface area contributed by atoms with E-state index in [1.807, 2.05) is 0 Å². The van der Waals surface area contributed by atoms with Gasteiger partial charge in [0.2, 0.25) is 5.91 Å². The summed E-state index contributed by atoms with van der Waals surface area (Å²) in [4.78, 5) is 23.8. The van der Waals surface area contributed by atoms with Gasteiger partial charge in [-0.05, 0) is 24.3 Å². The molecular formula is C13H14FNO4S. The number of carbonyl (C=O) groups excluding carboxylic acids is 1. The molecule has 1 aromatic carbocycles. The van der Waals surface area contributed by atoms with Crippen LogP contribution in [-0.4, -0.2) is 41.5 Å². The van der Waals surface area contributed by atoms with Crippen molar-refractivity contribution in [2.75, 3.05) is 19.0 Å². The second-order valence-electron chi connectivity index (χ2n) is 4.48. The SMILES string of the molecule is O=C(CSc1ccc(F)cc1)NC1(C(=O)O)CCOC1. The highest BCUT2D eigenvalue weighted by Crippen LogP contribution is 2.21. The van der Waals surface area contributed by atoms with Crippen LogP contribution < -0.4 is 5.32 Å². The summed E-state index contributed by atoms with van der Waals surface area (Å²) >= 11 is 1.22. The molecule has 20 heavy (non-hydrogen) atoms. The molecule has 0 saturated carbocycles. The second kappa shape index (κ2) is 6.23. The third-order valence-electron chi connectivity index (χ3n) is 2.99. The normalized spacial score (nSPS) is 21.6. The molecule has 1 heterocycles. The number of hydrogen-bond donors (Lipinski definition) is 2. The zero-order chi connectivity index (χ0) is 14.6. The number of carboxylic acids is 1. The Morgan fingerprint density at radius 2 is 2.10 bits per heavy atom. The number of benzene rings is 1. The molecule has 1 aliphatic rings. The number of thioether (sulfide) groups is 1. The molecule has 0 bridgehead atoms. The summed E-state index contributed by atoms with van der Waals surface area (Å²) in [6.45, 7) is 0.299. The van der Waals surface area contributed by atoms with E-state index in [1.54, 1.807) is 12.1 Å². The number of hydrogen-bond acceptors (Lipinski definition) is 4. The third-order valence-corrected chi connectivity index (χ3v) is 4.01. The first-order valence-electron chi connectivity index (χ1n) is 6.02. The van der Waals surface area contributed by atoms with Gasteiger partial charge in [-0.2, -0.15) is 0 Å². The third kappa shape index (κ3) is 3.49. The Labute approximate surface area is 119 Å². The number of carboxylic acid groups (broad SMARTS) is 1. The van der Waals surface area contributed by atoms with Crippen LogP contribution in [0.3, 0.4) is 0 Å². The van der Waals surface area contributed by atoms with E-state index in [9.17, 15) is 19.1 Å². The first-order chi connectivity index (χ1) is 9.52. The number of rotatable bonds is 5. The van der Waals surface area contributed by atoms with Crippen LogP contribution in [0.15, 0.2) is 29.2 Å². The van der Waals surface area contributed by atoms with Crippen LogP contribution in [0.25, 0.3) is 0 Å². The molecule has 2 N–H and O–H groups in total. The van der Waals surface area contributed by atoms with E-state index in [0.717, 1.165) is 4.90 Å². The Kier molecular flexibility index (Phi) is 4.61. The molecular weight excluding hydrogens is 285 g/mol. The van der Waals surface area contributed by atoms with E-state index in [1.165, 1.54) is 23.9 Å². The highest BCUT2D eigenvalue weighted by atomic mass is 32.2. The van der Waals surface area contributed by atoms with Crippen LogP contribution in [0.4, 0.5) is 4.39 Å². The van der Waals surface area contributed by atoms with E-state index in [0.29, 0.717) is 6.61 Å². The molecule has 108 valence electrons. The Balaban J connectivity index is 1.89. The lowest BCUT2D eigenvalue weighted by Crippen LogP contribution is -2.55. The number of aliphatic carboxylic acids is 1. The maximum atomic E-state index is 12.7. The van der Waals surface area contributed by atoms with Crippen molar-refractivity contribution in [1.29, 1.82) is 0 Å². The second-order valence-corrected chi connectivity index (χ2v) is 5.53. The number of halogens is 1. The van der Waals surface area contributed by atoms with Gasteiger partial charge in [0, 0.05) is 17.9 Å². The van der Waals surface area contributed by atoms with Crippen molar-refractivity contribution in [3.05, 3.63) is 30.1 Å². The fourth-order valence-electron chi connectivity index (χ4n) is 1.87. The van der Waals surface area contributed by atoms with Crippen LogP contribution in [0.1, 0.15) is 6.42 Å². The minimum atomic E-state index is -1.32. The zero-order valence-corrected chi connectivity index (χ0v) is 11.4. The fourth-order valence-corrected chi connectivity index (χ4v) is 2.57. The smallest absolute Gasteiger partial charge is 0.331 e. The molecule has 1 amide bonds. The molecule has 1 fully saturated rings. The number of ether oxygens (including phenoxy) is 1. The van der Waals surface area contributed by atoms with Gasteiger partial charge in [0.1, 0.15) is 5.82 Å². The van der Waals surface area contributed by atoms with Crippen molar-refractivity contribution in [2.24, 2.45) is 0 Å². The van der Waals surface area contributed by atoms with Crippen LogP contribution in [0, 0.1) is 5.82 Å². The Morgan fingerprint density at radius 1 is 1.40 bits per heavy atom. The predicted octanol–water partition coefficient (Wildman–Crippen LogP) is 1.28. The van der Waals surface area contributed by atoms with E-state index in [4.69, 9.17) is 4.74 Å². The van der Waals surface area contributed by atoms with Crippen molar-refractivity contribution in [2.45, 2.75) is 16.9 Å². The Morgan fingerprint density at radius 3 is 2.65 bits per heavy atom. The summed E-state index contributed by atoms with van der Waals surface area (Å²) < 4.78 is 17.8. The first kappa shape index (κ1) is 14.8. The number of amides is 1. The maximum absolute atomic E-state index is 12.7. The van der Waals surface area contributed by atoms with Crippen molar-refractivity contribution in [1.82, 2.24) is 5.32 Å². The minimum Gasteiger partial charge on any atom is -0.479 e. The molecule has 7 heteroatoms. The van der Waals surface area contributed by atoms with E-state index in [-0.39, 0.29) is 30.5 Å². The maximum Gasteiger partial charge on any atom is 0.331 e. The van der Waals surface area contributed by atoms with Crippen LogP contribution in [0.2, 0.25) is 0 Å². The van der Waals surface area contributed by atoms with E-state index >= 15 is 0 Å². The van der Waals surface area contributed by atoms with Gasteiger partial charge in [-0.3, -0.25) is 4.79 Å². The van der Waals surface area contributed by atoms with Gasteiger partial charge in [0.15, 0.2) is 5.54 Å². The average molecular weight is 299 g/mol. The quantitative estimate of drug-likeness (QED) is 0.801. The summed E-state index contributed by atoms with van der Waals surface area (Å²) in [5.74, 6) is -1.74. The molecule has 1 atom stereocenters. The molecule has 1 saturated heterocycles. The zero-order valence-electron chi connectivity index (χ0n) is 10.6. The van der Waals surface area contributed by atoms with Crippen molar-refractivity contribution < 1.29 is 23.8 Å². The molecule has 0 aliphatic carbocycles. The Bertz CT molecular complexity index is 500. The van der Waals surface area contributed by atoms with Crippen molar-refractivity contribution >= 4 is 23.6 Å². The lowest BCUT2D eigenvalue weighted by Gasteiger charge is -2.23. The number of carbonyl (C=O) groups is 2. The van der Waals surface area contributed by atoms with Gasteiger partial charge in [-0.15, -0.1) is 11.8 Å². The summed E-state index contributed by atoms with van der Waals surface area (Å²) in [6.07, 6.45) is 0.259. The molecule has 2 rings (SSSR count). The summed E-state index contributed by atoms with van der Waals surface area (Å²) in [6, 6.07) is 5.76. The van der Waals surface area contributed by atoms with Crippen molar-refractivity contribution in [3.63, 3.8) is 0 Å². The minimum absolute atomic E-state index is 0.0186.